The Morgan fingerprint density at radius 2 is 1.89 bits per heavy atom. The number of carbonyl (C=O) groups excluding carboxylic acids is 1. The second-order valence-corrected chi connectivity index (χ2v) is 6.94. The van der Waals surface area contributed by atoms with Gasteiger partial charge in [0.2, 0.25) is 5.91 Å². The second kappa shape index (κ2) is 9.42. The first kappa shape index (κ1) is 19.2. The van der Waals surface area contributed by atoms with Crippen molar-refractivity contribution < 1.29 is 14.3 Å². The summed E-state index contributed by atoms with van der Waals surface area (Å²) in [6.07, 6.45) is 1.79. The molecule has 1 fully saturated rings. The van der Waals surface area contributed by atoms with Gasteiger partial charge in [0.05, 0.1) is 13.2 Å². The largest absolute Gasteiger partial charge is 0.493 e. The average Bonchev–Trinajstić information content (AvgIpc) is 2.73. The molecule has 1 heterocycles. The van der Waals surface area contributed by atoms with Crippen LogP contribution in [0, 0.1) is 5.92 Å². The number of hydrogen-bond donors (Lipinski definition) is 2. The third kappa shape index (κ3) is 5.23. The van der Waals surface area contributed by atoms with Gasteiger partial charge in [-0.3, -0.25) is 4.79 Å². The second-order valence-electron chi connectivity index (χ2n) is 6.94. The van der Waals surface area contributed by atoms with Gasteiger partial charge >= 0.3 is 0 Å². The molecular weight excluding hydrogens is 340 g/mol. The van der Waals surface area contributed by atoms with E-state index in [9.17, 15) is 4.79 Å². The van der Waals surface area contributed by atoms with Crippen LogP contribution >= 0.6 is 0 Å². The summed E-state index contributed by atoms with van der Waals surface area (Å²) in [6.45, 7) is 4.30. The van der Waals surface area contributed by atoms with Crippen LogP contribution in [0.25, 0.3) is 0 Å². The maximum Gasteiger partial charge on any atom is 0.223 e. The van der Waals surface area contributed by atoms with Crippen LogP contribution < -0.4 is 20.1 Å². The molecule has 1 atom stereocenters. The van der Waals surface area contributed by atoms with Crippen LogP contribution in [0.2, 0.25) is 0 Å². The van der Waals surface area contributed by atoms with Crippen molar-refractivity contribution in [2.75, 3.05) is 20.2 Å². The fraction of sp³-hybridized carbons (Fsp3) is 0.409. The summed E-state index contributed by atoms with van der Waals surface area (Å²) in [5, 5.41) is 6.42. The zero-order chi connectivity index (χ0) is 19.1. The minimum atomic E-state index is -0.0792. The van der Waals surface area contributed by atoms with Gasteiger partial charge in [-0.25, -0.2) is 0 Å². The Morgan fingerprint density at radius 1 is 1.15 bits per heavy atom. The summed E-state index contributed by atoms with van der Waals surface area (Å²) in [6, 6.07) is 15.8. The quantitative estimate of drug-likeness (QED) is 0.786. The maximum atomic E-state index is 12.5. The summed E-state index contributed by atoms with van der Waals surface area (Å²) in [4.78, 5) is 12.5. The van der Waals surface area contributed by atoms with Gasteiger partial charge in [-0.1, -0.05) is 36.4 Å². The van der Waals surface area contributed by atoms with E-state index in [-0.39, 0.29) is 17.9 Å². The molecular formula is C22H28N2O3. The summed E-state index contributed by atoms with van der Waals surface area (Å²) >= 11 is 0. The molecule has 1 aliphatic rings. The highest BCUT2D eigenvalue weighted by Crippen LogP contribution is 2.31. The van der Waals surface area contributed by atoms with Gasteiger partial charge in [-0.2, -0.15) is 0 Å². The van der Waals surface area contributed by atoms with Gasteiger partial charge in [0.1, 0.15) is 6.61 Å². The number of benzene rings is 2. The first-order valence-corrected chi connectivity index (χ1v) is 9.53. The fourth-order valence-corrected chi connectivity index (χ4v) is 3.31. The molecule has 144 valence electrons. The Bertz CT molecular complexity index is 742. The molecule has 3 rings (SSSR count). The van der Waals surface area contributed by atoms with E-state index in [4.69, 9.17) is 9.47 Å². The van der Waals surface area contributed by atoms with E-state index in [0.29, 0.717) is 18.1 Å². The molecule has 0 spiro atoms. The summed E-state index contributed by atoms with van der Waals surface area (Å²) < 4.78 is 11.4. The molecule has 1 unspecified atom stereocenters. The Morgan fingerprint density at radius 3 is 2.59 bits per heavy atom. The molecule has 2 aromatic rings. The lowest BCUT2D eigenvalue weighted by Gasteiger charge is -2.24. The molecule has 0 saturated carbocycles. The van der Waals surface area contributed by atoms with Crippen LogP contribution in [0.4, 0.5) is 0 Å². The molecule has 2 aromatic carbocycles. The first-order chi connectivity index (χ1) is 13.2. The van der Waals surface area contributed by atoms with E-state index in [0.717, 1.165) is 37.1 Å². The lowest BCUT2D eigenvalue weighted by Crippen LogP contribution is -2.39. The Balaban J connectivity index is 1.62. The Kier molecular flexibility index (Phi) is 6.71. The third-order valence-electron chi connectivity index (χ3n) is 4.99. The van der Waals surface area contributed by atoms with E-state index in [1.54, 1.807) is 7.11 Å². The van der Waals surface area contributed by atoms with Crippen LogP contribution in [-0.4, -0.2) is 26.1 Å². The molecule has 1 aliphatic heterocycles. The fourth-order valence-electron chi connectivity index (χ4n) is 3.31. The SMILES string of the molecule is COc1cc(C(C)NC(=O)C2CCNCC2)ccc1OCc1ccccc1. The van der Waals surface area contributed by atoms with Crippen LogP contribution in [0.1, 0.15) is 36.9 Å². The van der Waals surface area contributed by atoms with E-state index < -0.39 is 0 Å². The molecule has 0 bridgehead atoms. The number of piperidine rings is 1. The van der Waals surface area contributed by atoms with Gasteiger partial charge in [0, 0.05) is 5.92 Å². The monoisotopic (exact) mass is 368 g/mol. The number of ether oxygens (including phenoxy) is 2. The molecule has 0 aromatic heterocycles. The highest BCUT2D eigenvalue weighted by molar-refractivity contribution is 5.79. The standard InChI is InChI=1S/C22H28N2O3/c1-16(24-22(25)18-10-12-23-13-11-18)19-8-9-20(21(14-19)26-2)27-15-17-6-4-3-5-7-17/h3-9,14,16,18,23H,10-13,15H2,1-2H3,(H,24,25). The number of methoxy groups -OCH3 is 1. The van der Waals surface area contributed by atoms with Crippen molar-refractivity contribution in [2.45, 2.75) is 32.4 Å². The molecule has 5 heteroatoms. The van der Waals surface area contributed by atoms with E-state index in [2.05, 4.69) is 10.6 Å². The van der Waals surface area contributed by atoms with Crippen LogP contribution in [0.15, 0.2) is 48.5 Å². The summed E-state index contributed by atoms with van der Waals surface area (Å²) in [5.41, 5.74) is 2.10. The van der Waals surface area contributed by atoms with E-state index in [1.165, 1.54) is 0 Å². The van der Waals surface area contributed by atoms with Gasteiger partial charge in [-0.15, -0.1) is 0 Å². The van der Waals surface area contributed by atoms with Crippen molar-refractivity contribution >= 4 is 5.91 Å². The lowest BCUT2D eigenvalue weighted by atomic mass is 9.96. The molecule has 1 saturated heterocycles. The molecule has 27 heavy (non-hydrogen) atoms. The molecule has 2 N–H and O–H groups in total. The Hall–Kier alpha value is -2.53. The zero-order valence-corrected chi connectivity index (χ0v) is 16.0. The van der Waals surface area contributed by atoms with Crippen molar-refractivity contribution in [3.05, 3.63) is 59.7 Å². The molecule has 1 amide bonds. The summed E-state index contributed by atoms with van der Waals surface area (Å²) in [7, 11) is 1.63. The normalized spacial score (nSPS) is 15.8. The number of rotatable bonds is 7. The highest BCUT2D eigenvalue weighted by Gasteiger charge is 2.22. The molecule has 0 radical (unpaired) electrons. The topological polar surface area (TPSA) is 59.6 Å². The van der Waals surface area contributed by atoms with E-state index >= 15 is 0 Å². The average molecular weight is 368 g/mol. The van der Waals surface area contributed by atoms with Crippen LogP contribution in [0.5, 0.6) is 11.5 Å². The zero-order valence-electron chi connectivity index (χ0n) is 16.0. The number of hydrogen-bond acceptors (Lipinski definition) is 4. The first-order valence-electron chi connectivity index (χ1n) is 9.53. The number of carbonyl (C=O) groups is 1. The van der Waals surface area contributed by atoms with Gasteiger partial charge in [-0.05, 0) is 56.1 Å². The molecule has 5 nitrogen and oxygen atoms in total. The number of nitrogens with one attached hydrogen (secondary N) is 2. The minimum absolute atomic E-state index is 0.0792. The highest BCUT2D eigenvalue weighted by atomic mass is 16.5. The predicted molar refractivity (Wildman–Crippen MR) is 106 cm³/mol. The summed E-state index contributed by atoms with van der Waals surface area (Å²) in [5.74, 6) is 1.60. The van der Waals surface area contributed by atoms with E-state index in [1.807, 2.05) is 55.5 Å². The maximum absolute atomic E-state index is 12.5. The van der Waals surface area contributed by atoms with Crippen molar-refractivity contribution in [1.29, 1.82) is 0 Å². The molecule has 0 aliphatic carbocycles. The van der Waals surface area contributed by atoms with Gasteiger partial charge in [0.15, 0.2) is 11.5 Å². The third-order valence-corrected chi connectivity index (χ3v) is 4.99. The smallest absolute Gasteiger partial charge is 0.223 e. The van der Waals surface area contributed by atoms with Gasteiger partial charge < -0.3 is 20.1 Å². The van der Waals surface area contributed by atoms with Crippen molar-refractivity contribution in [2.24, 2.45) is 5.92 Å². The lowest BCUT2D eigenvalue weighted by molar-refractivity contribution is -0.126. The minimum Gasteiger partial charge on any atom is -0.493 e. The van der Waals surface area contributed by atoms with Crippen molar-refractivity contribution in [1.82, 2.24) is 10.6 Å². The van der Waals surface area contributed by atoms with Crippen LogP contribution in [-0.2, 0) is 11.4 Å². The van der Waals surface area contributed by atoms with Gasteiger partial charge in [0.25, 0.3) is 0 Å². The van der Waals surface area contributed by atoms with Crippen LogP contribution in [0.3, 0.4) is 0 Å². The predicted octanol–water partition coefficient (Wildman–Crippen LogP) is 3.45. The Labute approximate surface area is 161 Å². The van der Waals surface area contributed by atoms with Crippen molar-refractivity contribution in [3.63, 3.8) is 0 Å². The number of amides is 1. The van der Waals surface area contributed by atoms with Crippen molar-refractivity contribution in [3.8, 4) is 11.5 Å².